The Bertz CT molecular complexity index is 1670. The van der Waals surface area contributed by atoms with Gasteiger partial charge in [0, 0.05) is 66.6 Å². The van der Waals surface area contributed by atoms with Gasteiger partial charge in [0.15, 0.2) is 0 Å². The first-order valence-electron chi connectivity index (χ1n) is 14.0. The molecular formula is C34H34N3O2S+. The van der Waals surface area contributed by atoms with E-state index in [1.54, 1.807) is 0 Å². The van der Waals surface area contributed by atoms with Crippen LogP contribution in [-0.2, 0) is 6.54 Å². The Morgan fingerprint density at radius 1 is 0.800 bits per heavy atom. The number of hydrogen-bond acceptors (Lipinski definition) is 5. The van der Waals surface area contributed by atoms with Crippen LogP contribution in [0.25, 0.3) is 39.0 Å². The molecule has 3 heterocycles. The molecule has 5 aromatic rings. The number of para-hydroxylation sites is 1. The molecule has 2 aromatic heterocycles. The highest BCUT2D eigenvalue weighted by Gasteiger charge is 2.28. The van der Waals surface area contributed by atoms with E-state index in [9.17, 15) is 10.2 Å². The van der Waals surface area contributed by atoms with Crippen LogP contribution in [0.1, 0.15) is 31.2 Å². The minimum atomic E-state index is 0.200. The number of aryl methyl sites for hydroxylation is 1. The highest BCUT2D eigenvalue weighted by molar-refractivity contribution is 8.04. The number of nitrogens with zero attached hydrogens (tertiary/aromatic N) is 3. The second kappa shape index (κ2) is 12.2. The van der Waals surface area contributed by atoms with Crippen LogP contribution >= 0.6 is 11.8 Å². The van der Waals surface area contributed by atoms with Crippen LogP contribution in [-0.4, -0.2) is 35.0 Å². The van der Waals surface area contributed by atoms with Gasteiger partial charge >= 0.3 is 0 Å². The Balaban J connectivity index is 1.52. The van der Waals surface area contributed by atoms with Crippen molar-refractivity contribution in [3.05, 3.63) is 102 Å². The fourth-order valence-corrected chi connectivity index (χ4v) is 6.76. The molecule has 1 aliphatic rings. The summed E-state index contributed by atoms with van der Waals surface area (Å²) in [4.78, 5) is 7.97. The number of aromatic nitrogens is 2. The highest BCUT2D eigenvalue weighted by atomic mass is 32.2. The van der Waals surface area contributed by atoms with Crippen LogP contribution in [0, 0.1) is 0 Å². The molecule has 0 bridgehead atoms. The van der Waals surface area contributed by atoms with Crippen molar-refractivity contribution in [1.29, 1.82) is 0 Å². The Morgan fingerprint density at radius 2 is 1.55 bits per heavy atom. The summed E-state index contributed by atoms with van der Waals surface area (Å²) in [6, 6.07) is 28.1. The summed E-state index contributed by atoms with van der Waals surface area (Å²) in [5.74, 6) is 0. The van der Waals surface area contributed by atoms with E-state index in [1.807, 2.05) is 24.2 Å². The quantitative estimate of drug-likeness (QED) is 0.149. The lowest BCUT2D eigenvalue weighted by atomic mass is 10.0. The Kier molecular flexibility index (Phi) is 8.09. The first-order valence-corrected chi connectivity index (χ1v) is 14.9. The number of pyridine rings is 2. The second-order valence-corrected chi connectivity index (χ2v) is 11.2. The molecule has 40 heavy (non-hydrogen) atoms. The summed E-state index contributed by atoms with van der Waals surface area (Å²) in [5, 5.41) is 23.9. The van der Waals surface area contributed by atoms with E-state index in [1.165, 1.54) is 42.9 Å². The maximum atomic E-state index is 9.51. The maximum absolute atomic E-state index is 9.51. The zero-order valence-corrected chi connectivity index (χ0v) is 23.4. The third kappa shape index (κ3) is 5.22. The molecule has 3 aromatic carbocycles. The lowest BCUT2D eigenvalue weighted by molar-refractivity contribution is -0.661. The molecule has 0 amide bonds. The summed E-state index contributed by atoms with van der Waals surface area (Å²) in [6.45, 7) is 2.09. The van der Waals surface area contributed by atoms with Crippen LogP contribution in [0.15, 0.2) is 101 Å². The van der Waals surface area contributed by atoms with Crippen molar-refractivity contribution in [2.24, 2.45) is 0 Å². The van der Waals surface area contributed by atoms with Crippen molar-refractivity contribution in [1.82, 2.24) is 4.98 Å². The average Bonchev–Trinajstić information content (AvgIpc) is 3.36. The molecule has 2 N–H and O–H groups in total. The third-order valence-electron chi connectivity index (χ3n) is 7.54. The van der Waals surface area contributed by atoms with Crippen molar-refractivity contribution < 1.29 is 14.8 Å². The molecule has 0 saturated heterocycles. The minimum Gasteiger partial charge on any atom is -0.396 e. The number of aliphatic hydroxyl groups is 2. The molecule has 0 aliphatic carbocycles. The van der Waals surface area contributed by atoms with E-state index in [0.29, 0.717) is 0 Å². The van der Waals surface area contributed by atoms with Gasteiger partial charge in [-0.15, -0.1) is 0 Å². The largest absolute Gasteiger partial charge is 0.396 e. The lowest BCUT2D eigenvalue weighted by Gasteiger charge is -2.22. The monoisotopic (exact) mass is 548 g/mol. The summed E-state index contributed by atoms with van der Waals surface area (Å²) in [7, 11) is 0. The number of aliphatic hydroxyl groups excluding tert-OH is 2. The molecule has 202 valence electrons. The number of unbranched alkanes of at least 4 members (excludes halogenated alkanes) is 2. The Morgan fingerprint density at radius 3 is 2.38 bits per heavy atom. The van der Waals surface area contributed by atoms with Gasteiger partial charge in [-0.3, -0.25) is 4.98 Å². The van der Waals surface area contributed by atoms with E-state index in [0.717, 1.165) is 50.0 Å². The molecular weight excluding hydrogens is 514 g/mol. The van der Waals surface area contributed by atoms with Crippen LogP contribution < -0.4 is 9.47 Å². The molecule has 0 atom stereocenters. The molecule has 0 fully saturated rings. The minimum absolute atomic E-state index is 0.200. The van der Waals surface area contributed by atoms with E-state index in [4.69, 9.17) is 0 Å². The topological polar surface area (TPSA) is 60.5 Å². The van der Waals surface area contributed by atoms with Crippen LogP contribution in [0.4, 0.5) is 5.69 Å². The van der Waals surface area contributed by atoms with Gasteiger partial charge in [0.1, 0.15) is 6.54 Å². The summed E-state index contributed by atoms with van der Waals surface area (Å²) < 4.78 is 2.38. The number of fused-ring (bicyclic) bond motifs is 4. The molecule has 0 radical (unpaired) electrons. The first-order chi connectivity index (χ1) is 19.8. The lowest BCUT2D eigenvalue weighted by Crippen LogP contribution is -2.37. The van der Waals surface area contributed by atoms with Crippen molar-refractivity contribution in [3.8, 4) is 11.3 Å². The van der Waals surface area contributed by atoms with Crippen molar-refractivity contribution in [2.45, 2.75) is 37.1 Å². The van der Waals surface area contributed by atoms with Crippen LogP contribution in [0.3, 0.4) is 0 Å². The van der Waals surface area contributed by atoms with Gasteiger partial charge in [-0.05, 0) is 60.6 Å². The Labute approximate surface area is 239 Å². The van der Waals surface area contributed by atoms with Crippen molar-refractivity contribution >= 4 is 45.2 Å². The third-order valence-corrected chi connectivity index (χ3v) is 8.63. The van der Waals surface area contributed by atoms with E-state index in [2.05, 4.69) is 99.4 Å². The SMILES string of the molecule is OCCCCN1/C(=C\c2cc(-c3ccncc3)[n+](CCCCO)c3ccccc23)Sc2ccc3ccccc3c21. The number of thioether (sulfide) groups is 1. The second-order valence-electron chi connectivity index (χ2n) is 10.1. The van der Waals surface area contributed by atoms with Gasteiger partial charge in [-0.25, -0.2) is 0 Å². The van der Waals surface area contributed by atoms with Gasteiger partial charge in [-0.2, -0.15) is 4.57 Å². The van der Waals surface area contributed by atoms with E-state index >= 15 is 0 Å². The molecule has 0 saturated carbocycles. The van der Waals surface area contributed by atoms with Gasteiger partial charge in [0.2, 0.25) is 11.2 Å². The van der Waals surface area contributed by atoms with Crippen LogP contribution in [0.5, 0.6) is 0 Å². The summed E-state index contributed by atoms with van der Waals surface area (Å²) >= 11 is 1.82. The number of rotatable bonds is 10. The molecule has 6 heteroatoms. The Hall–Kier alpha value is -3.71. The fourth-order valence-electron chi connectivity index (χ4n) is 5.61. The molecule has 0 spiro atoms. The van der Waals surface area contributed by atoms with E-state index < -0.39 is 0 Å². The molecule has 0 unspecified atom stereocenters. The number of benzene rings is 3. The standard InChI is InChI=1S/C34H34N3O2S/c38-21-7-5-19-36-30-12-4-3-10-28(30)27(23-31(36)26-15-17-35-18-16-26)24-33-37(20-6-8-22-39)34-29-11-2-1-9-25(29)13-14-32(34)40-33/h1-4,9-18,23-24,38-39H,5-8,19-22H2/q+1. The highest BCUT2D eigenvalue weighted by Crippen LogP contribution is 2.50. The predicted molar refractivity (Wildman–Crippen MR) is 165 cm³/mol. The van der Waals surface area contributed by atoms with Gasteiger partial charge in [-0.1, -0.05) is 54.2 Å². The molecule has 5 nitrogen and oxygen atoms in total. The summed E-state index contributed by atoms with van der Waals surface area (Å²) in [6.07, 6.45) is 9.40. The van der Waals surface area contributed by atoms with Gasteiger partial charge < -0.3 is 15.1 Å². The van der Waals surface area contributed by atoms with Gasteiger partial charge in [0.25, 0.3) is 0 Å². The average molecular weight is 549 g/mol. The van der Waals surface area contributed by atoms with Crippen molar-refractivity contribution in [3.63, 3.8) is 0 Å². The van der Waals surface area contributed by atoms with Crippen LogP contribution in [0.2, 0.25) is 0 Å². The van der Waals surface area contributed by atoms with Crippen molar-refractivity contribution in [2.75, 3.05) is 24.7 Å². The number of hydrogen-bond donors (Lipinski definition) is 2. The van der Waals surface area contributed by atoms with E-state index in [-0.39, 0.29) is 13.2 Å². The van der Waals surface area contributed by atoms with Gasteiger partial charge in [0.05, 0.1) is 16.1 Å². The molecule has 1 aliphatic heterocycles. The number of anilines is 1. The normalized spacial score (nSPS) is 13.9. The maximum Gasteiger partial charge on any atom is 0.213 e. The first kappa shape index (κ1) is 26.5. The molecule has 6 rings (SSSR count). The fraction of sp³-hybridized carbons (Fsp3) is 0.235. The zero-order valence-electron chi connectivity index (χ0n) is 22.5. The predicted octanol–water partition coefficient (Wildman–Crippen LogP) is 6.80. The smallest absolute Gasteiger partial charge is 0.213 e. The zero-order chi connectivity index (χ0) is 27.3. The summed E-state index contributed by atoms with van der Waals surface area (Å²) in [5.41, 5.74) is 5.88.